The summed E-state index contributed by atoms with van der Waals surface area (Å²) in [6.07, 6.45) is -4.28. The summed E-state index contributed by atoms with van der Waals surface area (Å²) in [5.74, 6) is -0.754. The third kappa shape index (κ3) is 7.71. The summed E-state index contributed by atoms with van der Waals surface area (Å²) in [5.41, 5.74) is 1.33. The fourth-order valence-corrected chi connectivity index (χ4v) is 3.04. The number of hydrogen-bond acceptors (Lipinski definition) is 8. The van der Waals surface area contributed by atoms with Gasteiger partial charge in [-0.1, -0.05) is 28.0 Å². The molecule has 3 aromatic rings. The number of carbonyl (C=O) groups is 2. The van der Waals surface area contributed by atoms with E-state index in [1.54, 1.807) is 24.3 Å². The van der Waals surface area contributed by atoms with Crippen LogP contribution >= 0.6 is 27.5 Å². The summed E-state index contributed by atoms with van der Waals surface area (Å²) in [5, 5.41) is 20.1. The molecule has 1 N–H and O–H groups in total. The van der Waals surface area contributed by atoms with E-state index in [4.69, 9.17) is 21.0 Å². The molecule has 0 aliphatic rings. The van der Waals surface area contributed by atoms with Crippen LogP contribution in [0, 0.1) is 5.82 Å². The number of Topliss-reactive ketones (excluding diaryl/α,β-unsaturated/α-hetero) is 1. The molecule has 0 fully saturated rings. The molecule has 0 radical (unpaired) electrons. The molecule has 3 rings (SSSR count). The summed E-state index contributed by atoms with van der Waals surface area (Å²) < 4.78 is 49.6. The highest BCUT2D eigenvalue weighted by atomic mass is 79.9. The second-order valence-electron chi connectivity index (χ2n) is 6.13. The van der Waals surface area contributed by atoms with Gasteiger partial charge in [0.1, 0.15) is 22.4 Å². The molecule has 0 unspecified atom stereocenters. The Kier molecular flexibility index (Phi) is 9.17. The first-order valence-electron chi connectivity index (χ1n) is 8.69. The molecular weight excluding hydrogens is 540 g/mol. The second-order valence-corrected chi connectivity index (χ2v) is 7.34. The van der Waals surface area contributed by atoms with Crippen molar-refractivity contribution in [2.24, 2.45) is 5.16 Å². The zero-order chi connectivity index (χ0) is 24.6. The fourth-order valence-electron chi connectivity index (χ4n) is 2.39. The lowest BCUT2D eigenvalue weighted by molar-refractivity contribution is -0.156. The van der Waals surface area contributed by atoms with Crippen molar-refractivity contribution in [3.8, 4) is 0 Å². The lowest BCUT2D eigenvalue weighted by Gasteiger charge is -2.05. The number of benzene rings is 1. The van der Waals surface area contributed by atoms with Crippen LogP contribution in [0.2, 0.25) is 5.15 Å². The number of pyridine rings is 1. The van der Waals surface area contributed by atoms with Crippen LogP contribution in [0.5, 0.6) is 0 Å². The summed E-state index contributed by atoms with van der Waals surface area (Å²) in [6.45, 7) is 0. The van der Waals surface area contributed by atoms with Gasteiger partial charge in [-0.15, -0.1) is 0 Å². The Morgan fingerprint density at radius 3 is 2.52 bits per heavy atom. The monoisotopic (exact) mass is 550 g/mol. The molecule has 8 nitrogen and oxygen atoms in total. The quantitative estimate of drug-likeness (QED) is 0.0904. The van der Waals surface area contributed by atoms with Gasteiger partial charge in [-0.2, -0.15) is 13.2 Å². The van der Waals surface area contributed by atoms with Gasteiger partial charge in [-0.3, -0.25) is 9.59 Å². The topological polar surface area (TPSA) is 119 Å². The third-order valence-corrected chi connectivity index (χ3v) is 4.74. The average molecular weight is 552 g/mol. The third-order valence-electron chi connectivity index (χ3n) is 3.83. The lowest BCUT2D eigenvalue weighted by atomic mass is 10.0. The lowest BCUT2D eigenvalue weighted by Crippen LogP contribution is -2.13. The number of nitrogens with zero attached hydrogens (tertiary/aromatic N) is 4. The number of carbonyl (C=O) groups excluding carboxylic acids is 2. The molecular formula is C19H12BrClF4N4O4. The Morgan fingerprint density at radius 2 is 1.94 bits per heavy atom. The molecule has 0 aliphatic carbocycles. The van der Waals surface area contributed by atoms with Gasteiger partial charge in [0.2, 0.25) is 6.29 Å². The van der Waals surface area contributed by atoms with Crippen molar-refractivity contribution in [1.29, 1.82) is 0 Å². The smallest absolute Gasteiger partial charge is 0.411 e. The molecule has 0 atom stereocenters. The second kappa shape index (κ2) is 11.6. The molecule has 1 aromatic carbocycles. The standard InChI is InChI=1S/C17H11BrClFN4O3.C2HF3O/c18-11-6-9(3-4-12(11)20)7-13(22-26)16-14(23-27-24-16)8-15(25)10-2-1-5-21-17(10)19;3-2(4,5)1-6/h1-6,26H,7-8H2;1H. The highest BCUT2D eigenvalue weighted by Crippen LogP contribution is 2.20. The SMILES string of the molecule is O=C(Cc1nonc1C(Cc1ccc(F)c(Br)c1)=NO)c1cccnc1Cl.O=CC(F)(F)F. The van der Waals surface area contributed by atoms with E-state index in [0.29, 0.717) is 5.56 Å². The Balaban J connectivity index is 0.000000569. The minimum Gasteiger partial charge on any atom is -0.411 e. The number of ketones is 1. The number of oxime groups is 1. The van der Waals surface area contributed by atoms with Crippen molar-refractivity contribution in [1.82, 2.24) is 15.3 Å². The maximum Gasteiger partial charge on any atom is 0.446 e. The summed E-state index contributed by atoms with van der Waals surface area (Å²) in [4.78, 5) is 25.0. The predicted octanol–water partition coefficient (Wildman–Crippen LogP) is 4.61. The van der Waals surface area contributed by atoms with Gasteiger partial charge in [-0.05, 0) is 50.9 Å². The molecule has 2 aromatic heterocycles. The van der Waals surface area contributed by atoms with E-state index in [0.717, 1.165) is 0 Å². The molecule has 0 saturated heterocycles. The first-order chi connectivity index (χ1) is 15.6. The van der Waals surface area contributed by atoms with E-state index in [1.807, 2.05) is 0 Å². The van der Waals surface area contributed by atoms with Crippen molar-refractivity contribution in [3.63, 3.8) is 0 Å². The summed E-state index contributed by atoms with van der Waals surface area (Å²) in [6, 6.07) is 7.51. The minimum absolute atomic E-state index is 0.0766. The van der Waals surface area contributed by atoms with Gasteiger partial charge in [-0.25, -0.2) is 14.0 Å². The zero-order valence-electron chi connectivity index (χ0n) is 16.2. The first kappa shape index (κ1) is 26.1. The number of hydrogen-bond donors (Lipinski definition) is 1. The van der Waals surface area contributed by atoms with Gasteiger partial charge < -0.3 is 5.21 Å². The van der Waals surface area contributed by atoms with Gasteiger partial charge >= 0.3 is 6.18 Å². The maximum atomic E-state index is 13.4. The van der Waals surface area contributed by atoms with Crippen LogP contribution in [0.1, 0.15) is 27.3 Å². The Morgan fingerprint density at radius 1 is 1.24 bits per heavy atom. The van der Waals surface area contributed by atoms with E-state index in [1.165, 1.54) is 12.3 Å². The normalized spacial score (nSPS) is 11.5. The van der Waals surface area contributed by atoms with E-state index in [-0.39, 0.29) is 50.9 Å². The van der Waals surface area contributed by atoms with Gasteiger partial charge in [0.05, 0.1) is 16.5 Å². The Labute approximate surface area is 196 Å². The zero-order valence-corrected chi connectivity index (χ0v) is 18.5. The van der Waals surface area contributed by atoms with Gasteiger partial charge in [0.15, 0.2) is 11.5 Å². The van der Waals surface area contributed by atoms with Crippen LogP contribution in [0.25, 0.3) is 0 Å². The van der Waals surface area contributed by atoms with Crippen LogP contribution in [-0.2, 0) is 17.6 Å². The van der Waals surface area contributed by atoms with E-state index >= 15 is 0 Å². The number of aldehydes is 1. The van der Waals surface area contributed by atoms with E-state index in [2.05, 4.69) is 36.4 Å². The Hall–Kier alpha value is -3.19. The number of alkyl halides is 3. The largest absolute Gasteiger partial charge is 0.446 e. The highest BCUT2D eigenvalue weighted by Gasteiger charge is 2.25. The molecule has 0 bridgehead atoms. The molecule has 0 saturated carbocycles. The van der Waals surface area contributed by atoms with E-state index < -0.39 is 18.3 Å². The predicted molar refractivity (Wildman–Crippen MR) is 110 cm³/mol. The minimum atomic E-state index is -4.64. The molecule has 0 amide bonds. The van der Waals surface area contributed by atoms with Crippen molar-refractivity contribution < 1.29 is 37.0 Å². The van der Waals surface area contributed by atoms with Crippen molar-refractivity contribution in [2.75, 3.05) is 0 Å². The molecule has 0 spiro atoms. The Bertz CT molecular complexity index is 1170. The molecule has 14 heteroatoms. The maximum absolute atomic E-state index is 13.4. The molecule has 33 heavy (non-hydrogen) atoms. The van der Waals surface area contributed by atoms with Crippen LogP contribution in [-0.4, -0.2) is 44.5 Å². The average Bonchev–Trinajstić information content (AvgIpc) is 3.22. The van der Waals surface area contributed by atoms with Crippen molar-refractivity contribution >= 4 is 45.3 Å². The van der Waals surface area contributed by atoms with Gasteiger partial charge in [0.25, 0.3) is 0 Å². The van der Waals surface area contributed by atoms with E-state index in [9.17, 15) is 27.6 Å². The first-order valence-corrected chi connectivity index (χ1v) is 9.86. The van der Waals surface area contributed by atoms with Gasteiger partial charge in [0, 0.05) is 12.6 Å². The number of aromatic nitrogens is 3. The van der Waals surface area contributed by atoms with Crippen LogP contribution in [0.4, 0.5) is 17.6 Å². The number of halogens is 6. The number of rotatable bonds is 6. The highest BCUT2D eigenvalue weighted by molar-refractivity contribution is 9.10. The van der Waals surface area contributed by atoms with Crippen molar-refractivity contribution in [3.05, 3.63) is 74.5 Å². The summed E-state index contributed by atoms with van der Waals surface area (Å²) in [7, 11) is 0. The molecule has 174 valence electrons. The molecule has 0 aliphatic heterocycles. The van der Waals surface area contributed by atoms with Crippen molar-refractivity contribution in [2.45, 2.75) is 19.0 Å². The summed E-state index contributed by atoms with van der Waals surface area (Å²) >= 11 is 9.03. The molecule has 2 heterocycles. The van der Waals surface area contributed by atoms with Crippen LogP contribution in [0.3, 0.4) is 0 Å². The van der Waals surface area contributed by atoms with Crippen LogP contribution in [0.15, 0.2) is 50.8 Å². The fraction of sp³-hybridized carbons (Fsp3) is 0.158. The van der Waals surface area contributed by atoms with Crippen LogP contribution < -0.4 is 0 Å².